The van der Waals surface area contributed by atoms with Crippen molar-refractivity contribution in [3.05, 3.63) is 23.7 Å². The molecule has 1 saturated carbocycles. The van der Waals surface area contributed by atoms with Gasteiger partial charge in [0.2, 0.25) is 0 Å². The summed E-state index contributed by atoms with van der Waals surface area (Å²) in [7, 11) is 0. The Labute approximate surface area is 158 Å². The first kappa shape index (κ1) is 23.0. The summed E-state index contributed by atoms with van der Waals surface area (Å²) < 4.78 is 32.4. The fourth-order valence-corrected chi connectivity index (χ4v) is 2.51. The van der Waals surface area contributed by atoms with Gasteiger partial charge in [-0.05, 0) is 50.7 Å². The fraction of sp³-hybridized carbons (Fsp3) is 0.800. The van der Waals surface area contributed by atoms with Gasteiger partial charge in [0.15, 0.2) is 0 Å². The van der Waals surface area contributed by atoms with Gasteiger partial charge in [-0.25, -0.2) is 0 Å². The predicted octanol–water partition coefficient (Wildman–Crippen LogP) is 3.47. The quantitative estimate of drug-likeness (QED) is 0.305. The van der Waals surface area contributed by atoms with Crippen molar-refractivity contribution in [3.8, 4) is 0 Å². The minimum absolute atomic E-state index is 0.574. The van der Waals surface area contributed by atoms with Crippen molar-refractivity contribution in [1.29, 1.82) is 0 Å². The molecule has 0 N–H and O–H groups in total. The Morgan fingerprint density at radius 1 is 0.615 bits per heavy atom. The highest BCUT2D eigenvalue weighted by Crippen LogP contribution is 2.27. The zero-order chi connectivity index (χ0) is 18.7. The molecule has 1 aliphatic rings. The van der Waals surface area contributed by atoms with Crippen molar-refractivity contribution in [2.24, 2.45) is 0 Å². The van der Waals surface area contributed by atoms with Gasteiger partial charge in [-0.2, -0.15) is 0 Å². The van der Waals surface area contributed by atoms with E-state index in [4.69, 9.17) is 28.4 Å². The second kappa shape index (κ2) is 17.3. The van der Waals surface area contributed by atoms with Crippen LogP contribution in [0.2, 0.25) is 0 Å². The van der Waals surface area contributed by atoms with E-state index in [1.807, 2.05) is 26.4 Å². The van der Waals surface area contributed by atoms with Gasteiger partial charge < -0.3 is 28.4 Å². The third kappa shape index (κ3) is 13.2. The lowest BCUT2D eigenvalue weighted by molar-refractivity contribution is 0.0336. The number of ether oxygens (including phenoxy) is 6. The number of allylic oxidation sites excluding steroid dienone is 2. The first-order valence-corrected chi connectivity index (χ1v) is 9.76. The van der Waals surface area contributed by atoms with Gasteiger partial charge in [-0.3, -0.25) is 0 Å². The minimum Gasteiger partial charge on any atom is -0.499 e. The van der Waals surface area contributed by atoms with E-state index in [1.165, 1.54) is 11.1 Å². The molecule has 0 spiro atoms. The molecule has 0 aromatic rings. The first-order valence-electron chi connectivity index (χ1n) is 9.76. The van der Waals surface area contributed by atoms with Crippen LogP contribution in [0.4, 0.5) is 0 Å². The van der Waals surface area contributed by atoms with E-state index in [1.54, 1.807) is 0 Å². The van der Waals surface area contributed by atoms with Crippen LogP contribution < -0.4 is 0 Å². The summed E-state index contributed by atoms with van der Waals surface area (Å²) in [5, 5.41) is 0. The van der Waals surface area contributed by atoms with Crippen LogP contribution in [0.15, 0.2) is 23.7 Å². The zero-order valence-corrected chi connectivity index (χ0v) is 16.5. The zero-order valence-electron chi connectivity index (χ0n) is 16.5. The smallest absolute Gasteiger partial charge is 0.111 e. The topological polar surface area (TPSA) is 55.4 Å². The molecule has 1 rings (SSSR count). The molecule has 0 unspecified atom stereocenters. The van der Waals surface area contributed by atoms with Crippen LogP contribution in [0, 0.1) is 0 Å². The van der Waals surface area contributed by atoms with Crippen LogP contribution in [0.1, 0.15) is 39.5 Å². The monoisotopic (exact) mass is 372 g/mol. The van der Waals surface area contributed by atoms with Crippen LogP contribution in [0.25, 0.3) is 0 Å². The summed E-state index contributed by atoms with van der Waals surface area (Å²) in [6.07, 6.45) is 8.01. The van der Waals surface area contributed by atoms with Gasteiger partial charge in [-0.15, -0.1) is 0 Å². The molecule has 0 atom stereocenters. The van der Waals surface area contributed by atoms with Crippen LogP contribution in [-0.4, -0.2) is 66.1 Å². The molecule has 6 heteroatoms. The van der Waals surface area contributed by atoms with Gasteiger partial charge >= 0.3 is 0 Å². The number of hydrogen-bond donors (Lipinski definition) is 0. The van der Waals surface area contributed by atoms with Gasteiger partial charge in [-0.1, -0.05) is 0 Å². The molecule has 0 heterocycles. The summed E-state index contributed by atoms with van der Waals surface area (Å²) in [6.45, 7) is 10.3. The van der Waals surface area contributed by atoms with Gasteiger partial charge in [0.05, 0.1) is 52.2 Å². The molecule has 0 amide bonds. The summed E-state index contributed by atoms with van der Waals surface area (Å²) in [4.78, 5) is 0. The number of hydrogen-bond acceptors (Lipinski definition) is 6. The molecule has 0 saturated heterocycles. The van der Waals surface area contributed by atoms with Crippen molar-refractivity contribution in [2.45, 2.75) is 39.5 Å². The SMILES string of the molecule is CCOCCOCCO/C=C1/CCC/C(=C/OCCOCCOCC)C1. The lowest BCUT2D eigenvalue weighted by Gasteiger charge is -2.17. The van der Waals surface area contributed by atoms with E-state index in [-0.39, 0.29) is 0 Å². The van der Waals surface area contributed by atoms with Crippen LogP contribution >= 0.6 is 0 Å². The van der Waals surface area contributed by atoms with Crippen LogP contribution in [0.3, 0.4) is 0 Å². The molecule has 26 heavy (non-hydrogen) atoms. The fourth-order valence-electron chi connectivity index (χ4n) is 2.51. The van der Waals surface area contributed by atoms with E-state index in [0.29, 0.717) is 52.9 Å². The van der Waals surface area contributed by atoms with E-state index in [9.17, 15) is 0 Å². The Bertz CT molecular complexity index is 346. The maximum atomic E-state index is 5.59. The molecule has 6 nitrogen and oxygen atoms in total. The highest BCUT2D eigenvalue weighted by atomic mass is 16.5. The predicted molar refractivity (Wildman–Crippen MR) is 101 cm³/mol. The maximum Gasteiger partial charge on any atom is 0.111 e. The number of rotatable bonds is 16. The third-order valence-corrected chi connectivity index (χ3v) is 3.79. The Morgan fingerprint density at radius 2 is 1.04 bits per heavy atom. The first-order chi connectivity index (χ1) is 12.9. The van der Waals surface area contributed by atoms with Crippen LogP contribution in [-0.2, 0) is 28.4 Å². The molecule has 0 aromatic heterocycles. The summed E-state index contributed by atoms with van der Waals surface area (Å²) in [5.41, 5.74) is 2.63. The van der Waals surface area contributed by atoms with Crippen molar-refractivity contribution < 1.29 is 28.4 Å². The molecule has 0 aliphatic heterocycles. The standard InChI is InChI=1S/C20H36O6/c1-3-21-8-10-23-12-14-25-17-19-6-5-7-20(16-19)18-26-15-13-24-11-9-22-4-2/h17-18H,3-16H2,1-2H3/b19-17-,20-18-. The third-order valence-electron chi connectivity index (χ3n) is 3.79. The van der Waals surface area contributed by atoms with E-state index in [2.05, 4.69) is 0 Å². The van der Waals surface area contributed by atoms with Crippen molar-refractivity contribution in [3.63, 3.8) is 0 Å². The van der Waals surface area contributed by atoms with E-state index < -0.39 is 0 Å². The van der Waals surface area contributed by atoms with Crippen molar-refractivity contribution in [1.82, 2.24) is 0 Å². The van der Waals surface area contributed by atoms with Crippen LogP contribution in [0.5, 0.6) is 0 Å². The summed E-state index contributed by atoms with van der Waals surface area (Å²) >= 11 is 0. The van der Waals surface area contributed by atoms with Gasteiger partial charge in [0.1, 0.15) is 13.2 Å². The molecule has 0 radical (unpaired) electrons. The van der Waals surface area contributed by atoms with Crippen molar-refractivity contribution >= 4 is 0 Å². The summed E-state index contributed by atoms with van der Waals surface area (Å²) in [6, 6.07) is 0. The summed E-state index contributed by atoms with van der Waals surface area (Å²) in [5.74, 6) is 0. The lowest BCUT2D eigenvalue weighted by Crippen LogP contribution is -2.09. The molecular weight excluding hydrogens is 336 g/mol. The molecular formula is C20H36O6. The van der Waals surface area contributed by atoms with E-state index >= 15 is 0 Å². The molecule has 0 bridgehead atoms. The Balaban J connectivity index is 2.05. The maximum absolute atomic E-state index is 5.59. The van der Waals surface area contributed by atoms with Gasteiger partial charge in [0.25, 0.3) is 0 Å². The minimum atomic E-state index is 0.574. The molecule has 0 aromatic carbocycles. The second-order valence-electron chi connectivity index (χ2n) is 5.94. The molecule has 1 aliphatic carbocycles. The lowest BCUT2D eigenvalue weighted by atomic mass is 9.92. The Morgan fingerprint density at radius 3 is 1.50 bits per heavy atom. The Hall–Kier alpha value is -1.08. The molecule has 1 fully saturated rings. The van der Waals surface area contributed by atoms with Crippen molar-refractivity contribution in [2.75, 3.05) is 66.1 Å². The molecule has 152 valence electrons. The van der Waals surface area contributed by atoms with E-state index in [0.717, 1.165) is 38.9 Å². The van der Waals surface area contributed by atoms with Gasteiger partial charge in [0, 0.05) is 13.2 Å². The average Bonchev–Trinajstić information content (AvgIpc) is 2.66. The second-order valence-corrected chi connectivity index (χ2v) is 5.94. The highest BCUT2D eigenvalue weighted by molar-refractivity contribution is 5.16. The normalized spacial score (nSPS) is 17.8. The largest absolute Gasteiger partial charge is 0.499 e. The highest BCUT2D eigenvalue weighted by Gasteiger charge is 2.11. The average molecular weight is 373 g/mol. The Kier molecular flexibility index (Phi) is 15.3.